The fraction of sp³-hybridized carbons (Fsp3) is 0.500. The number of hydrogen-bond donors (Lipinski definition) is 1. The Bertz CT molecular complexity index is 728. The number of fused-ring (bicyclic) bond motifs is 1. The quantitative estimate of drug-likeness (QED) is 0.830. The molecule has 0 amide bonds. The summed E-state index contributed by atoms with van der Waals surface area (Å²) in [6, 6.07) is 14.2. The number of rotatable bonds is 6. The maximum atomic E-state index is 12.6. The average Bonchev–Trinajstić information content (AvgIpc) is 2.62. The summed E-state index contributed by atoms with van der Waals surface area (Å²) in [5.41, 5.74) is 0.114. The maximum absolute atomic E-state index is 12.6. The van der Waals surface area contributed by atoms with E-state index in [1.807, 2.05) is 38.1 Å². The van der Waals surface area contributed by atoms with Gasteiger partial charge in [-0.25, -0.2) is 0 Å². The van der Waals surface area contributed by atoms with Crippen LogP contribution in [0.15, 0.2) is 42.5 Å². The van der Waals surface area contributed by atoms with Crippen molar-refractivity contribution in [3.05, 3.63) is 48.0 Å². The minimum absolute atomic E-state index is 0.0283. The molecule has 1 aliphatic heterocycles. The van der Waals surface area contributed by atoms with Crippen molar-refractivity contribution in [3.63, 3.8) is 0 Å². The number of carbonyl (C=O) groups is 1. The average molecular weight is 339 g/mol. The van der Waals surface area contributed by atoms with Crippen LogP contribution < -0.4 is 0 Å². The Morgan fingerprint density at radius 1 is 1.08 bits per heavy atom. The van der Waals surface area contributed by atoms with Crippen molar-refractivity contribution in [2.45, 2.75) is 44.9 Å². The van der Waals surface area contributed by atoms with Crippen LogP contribution in [-0.4, -0.2) is 35.6 Å². The van der Waals surface area contributed by atoms with Crippen molar-refractivity contribution in [2.75, 3.05) is 19.6 Å². The number of nitrogens with zero attached hydrogens (tertiary/aromatic N) is 1. The van der Waals surface area contributed by atoms with E-state index >= 15 is 0 Å². The molecule has 1 heterocycles. The number of benzene rings is 2. The van der Waals surface area contributed by atoms with Crippen LogP contribution in [0.2, 0.25) is 0 Å². The first-order valence-electron chi connectivity index (χ1n) is 9.49. The summed E-state index contributed by atoms with van der Waals surface area (Å²) in [6.07, 6.45) is 4.42. The van der Waals surface area contributed by atoms with Crippen LogP contribution in [0.1, 0.15) is 45.1 Å². The molecule has 3 nitrogen and oxygen atoms in total. The molecule has 1 unspecified atom stereocenters. The van der Waals surface area contributed by atoms with Gasteiger partial charge in [-0.1, -0.05) is 62.7 Å². The maximum Gasteiger partial charge on any atom is 0.314 e. The third-order valence-corrected chi connectivity index (χ3v) is 5.91. The smallest absolute Gasteiger partial charge is 0.314 e. The van der Waals surface area contributed by atoms with Gasteiger partial charge >= 0.3 is 5.97 Å². The molecule has 0 aromatic heterocycles. The first-order chi connectivity index (χ1) is 12.1. The van der Waals surface area contributed by atoms with Crippen LogP contribution in [0.3, 0.4) is 0 Å². The molecule has 2 aromatic rings. The van der Waals surface area contributed by atoms with Gasteiger partial charge in [0.25, 0.3) is 0 Å². The van der Waals surface area contributed by atoms with Crippen LogP contribution in [0, 0.1) is 5.92 Å². The predicted octanol–water partition coefficient (Wildman–Crippen LogP) is 4.69. The largest absolute Gasteiger partial charge is 0.481 e. The normalized spacial score (nSPS) is 18.4. The van der Waals surface area contributed by atoms with E-state index in [4.69, 9.17) is 0 Å². The summed E-state index contributed by atoms with van der Waals surface area (Å²) in [6.45, 7) is 7.15. The molecule has 0 radical (unpaired) electrons. The molecule has 1 fully saturated rings. The van der Waals surface area contributed by atoms with E-state index in [0.29, 0.717) is 6.42 Å². The molecule has 0 bridgehead atoms. The van der Waals surface area contributed by atoms with Gasteiger partial charge in [-0.3, -0.25) is 4.79 Å². The predicted molar refractivity (Wildman–Crippen MR) is 103 cm³/mol. The molecular weight excluding hydrogens is 310 g/mol. The third kappa shape index (κ3) is 3.43. The summed E-state index contributed by atoms with van der Waals surface area (Å²) in [4.78, 5) is 15.0. The Morgan fingerprint density at radius 3 is 2.44 bits per heavy atom. The van der Waals surface area contributed by atoms with Crippen LogP contribution >= 0.6 is 0 Å². The Morgan fingerprint density at radius 2 is 1.76 bits per heavy atom. The molecule has 3 heteroatoms. The molecule has 25 heavy (non-hydrogen) atoms. The van der Waals surface area contributed by atoms with Gasteiger partial charge in [0.2, 0.25) is 0 Å². The number of carboxylic acid groups (broad SMARTS) is 1. The van der Waals surface area contributed by atoms with Crippen LogP contribution in [0.5, 0.6) is 0 Å². The van der Waals surface area contributed by atoms with Crippen molar-refractivity contribution >= 4 is 16.7 Å². The number of likely N-dealkylation sites (tertiary alicyclic amines) is 1. The van der Waals surface area contributed by atoms with E-state index in [1.165, 1.54) is 19.3 Å². The molecule has 1 saturated heterocycles. The molecule has 1 atom stereocenters. The molecule has 1 aliphatic rings. The molecular formula is C22H29NO2. The Balaban J connectivity index is 2.02. The van der Waals surface area contributed by atoms with Crippen molar-refractivity contribution < 1.29 is 9.90 Å². The van der Waals surface area contributed by atoms with Crippen molar-refractivity contribution in [1.82, 2.24) is 4.90 Å². The highest BCUT2D eigenvalue weighted by Crippen LogP contribution is 2.40. The lowest BCUT2D eigenvalue weighted by Gasteiger charge is -2.37. The zero-order valence-electron chi connectivity index (χ0n) is 15.4. The van der Waals surface area contributed by atoms with Gasteiger partial charge < -0.3 is 10.0 Å². The number of aliphatic carboxylic acids is 1. The van der Waals surface area contributed by atoms with E-state index in [-0.39, 0.29) is 5.92 Å². The molecule has 0 spiro atoms. The van der Waals surface area contributed by atoms with Crippen molar-refractivity contribution in [1.29, 1.82) is 0 Å². The Hall–Kier alpha value is -1.87. The van der Waals surface area contributed by atoms with Crippen LogP contribution in [0.25, 0.3) is 10.8 Å². The van der Waals surface area contributed by atoms with E-state index in [9.17, 15) is 9.90 Å². The SMILES string of the molecule is CC(C)C(CCN1CCCCC1)(C(=O)O)c1cccc2ccccc12. The van der Waals surface area contributed by atoms with E-state index < -0.39 is 11.4 Å². The van der Waals surface area contributed by atoms with E-state index in [1.54, 1.807) is 0 Å². The molecule has 0 saturated carbocycles. The van der Waals surface area contributed by atoms with Gasteiger partial charge in [0.1, 0.15) is 0 Å². The van der Waals surface area contributed by atoms with Gasteiger partial charge in [0, 0.05) is 0 Å². The first-order valence-corrected chi connectivity index (χ1v) is 9.49. The van der Waals surface area contributed by atoms with Gasteiger partial charge in [-0.15, -0.1) is 0 Å². The number of hydrogen-bond acceptors (Lipinski definition) is 2. The summed E-state index contributed by atoms with van der Waals surface area (Å²) in [7, 11) is 0. The minimum atomic E-state index is -0.849. The highest BCUT2D eigenvalue weighted by atomic mass is 16.4. The lowest BCUT2D eigenvalue weighted by Crippen LogP contribution is -2.44. The molecule has 1 N–H and O–H groups in total. The third-order valence-electron chi connectivity index (χ3n) is 5.91. The number of piperidine rings is 1. The molecule has 3 rings (SSSR count). The standard InChI is InChI=1S/C22H29NO2/c1-17(2)22(21(24)25,13-16-23-14-6-3-7-15-23)20-12-8-10-18-9-4-5-11-19(18)20/h4-5,8-12,17H,3,6-7,13-16H2,1-2H3,(H,24,25). The summed E-state index contributed by atoms with van der Waals surface area (Å²) < 4.78 is 0. The summed E-state index contributed by atoms with van der Waals surface area (Å²) in [5, 5.41) is 12.5. The molecule has 134 valence electrons. The Kier molecular flexibility index (Phi) is 5.43. The van der Waals surface area contributed by atoms with Crippen LogP contribution in [-0.2, 0) is 10.2 Å². The molecule has 2 aromatic carbocycles. The number of carboxylic acids is 1. The molecule has 0 aliphatic carbocycles. The summed E-state index contributed by atoms with van der Waals surface area (Å²) in [5.74, 6) is -0.670. The van der Waals surface area contributed by atoms with Crippen LogP contribution in [0.4, 0.5) is 0 Å². The lowest BCUT2D eigenvalue weighted by molar-refractivity contribution is -0.146. The zero-order chi connectivity index (χ0) is 17.9. The van der Waals surface area contributed by atoms with Gasteiger partial charge in [0.05, 0.1) is 5.41 Å². The monoisotopic (exact) mass is 339 g/mol. The summed E-state index contributed by atoms with van der Waals surface area (Å²) >= 11 is 0. The fourth-order valence-corrected chi connectivity index (χ4v) is 4.34. The fourth-order valence-electron chi connectivity index (χ4n) is 4.34. The van der Waals surface area contributed by atoms with Crippen molar-refractivity contribution in [2.24, 2.45) is 5.92 Å². The van der Waals surface area contributed by atoms with Gasteiger partial charge in [-0.2, -0.15) is 0 Å². The van der Waals surface area contributed by atoms with E-state index in [2.05, 4.69) is 23.1 Å². The lowest BCUT2D eigenvalue weighted by atomic mass is 9.68. The van der Waals surface area contributed by atoms with Gasteiger partial charge in [0.15, 0.2) is 0 Å². The Labute approximate surface area is 150 Å². The minimum Gasteiger partial charge on any atom is -0.481 e. The van der Waals surface area contributed by atoms with Crippen molar-refractivity contribution in [3.8, 4) is 0 Å². The zero-order valence-corrected chi connectivity index (χ0v) is 15.4. The second kappa shape index (κ2) is 7.57. The highest BCUT2D eigenvalue weighted by molar-refractivity contribution is 5.93. The second-order valence-electron chi connectivity index (χ2n) is 7.61. The highest BCUT2D eigenvalue weighted by Gasteiger charge is 2.44. The topological polar surface area (TPSA) is 40.5 Å². The first kappa shape index (κ1) is 17.9. The second-order valence-corrected chi connectivity index (χ2v) is 7.61. The van der Waals surface area contributed by atoms with Gasteiger partial charge in [-0.05, 0) is 61.2 Å². The van der Waals surface area contributed by atoms with E-state index in [0.717, 1.165) is 36.0 Å².